The van der Waals surface area contributed by atoms with E-state index in [0.29, 0.717) is 34.1 Å². The van der Waals surface area contributed by atoms with E-state index in [2.05, 4.69) is 0 Å². The fourth-order valence-corrected chi connectivity index (χ4v) is 4.78. The lowest BCUT2D eigenvalue weighted by atomic mass is 10.1. The molecule has 0 atom stereocenters. The van der Waals surface area contributed by atoms with Gasteiger partial charge >= 0.3 is 5.97 Å². The largest absolute Gasteiger partial charge is 0.466 e. The SMILES string of the molecule is O=C(OCc1ccco1)c1ccc2c(c1)N(Cc1ccc(Cl)cc1)C(=O)c1ccccc1S2. The van der Waals surface area contributed by atoms with Gasteiger partial charge in [0.15, 0.2) is 0 Å². The third kappa shape index (κ3) is 4.53. The van der Waals surface area contributed by atoms with E-state index in [9.17, 15) is 9.59 Å². The van der Waals surface area contributed by atoms with Crippen LogP contribution in [0.1, 0.15) is 32.0 Å². The molecule has 1 aliphatic rings. The lowest BCUT2D eigenvalue weighted by molar-refractivity contribution is 0.0445. The number of carbonyl (C=O) groups is 2. The average molecular weight is 476 g/mol. The Labute approximate surface area is 199 Å². The van der Waals surface area contributed by atoms with Crippen molar-refractivity contribution in [1.82, 2.24) is 0 Å². The van der Waals surface area contributed by atoms with Crippen molar-refractivity contribution in [3.05, 3.63) is 113 Å². The smallest absolute Gasteiger partial charge is 0.338 e. The van der Waals surface area contributed by atoms with Crippen LogP contribution in [0, 0.1) is 0 Å². The number of hydrogen-bond donors (Lipinski definition) is 0. The second-order valence-electron chi connectivity index (χ2n) is 7.45. The van der Waals surface area contributed by atoms with Gasteiger partial charge in [-0.05, 0) is 60.2 Å². The van der Waals surface area contributed by atoms with Crippen LogP contribution in [-0.4, -0.2) is 11.9 Å². The topological polar surface area (TPSA) is 59.8 Å². The molecular weight excluding hydrogens is 458 g/mol. The molecule has 3 aromatic carbocycles. The molecule has 1 aliphatic heterocycles. The standard InChI is InChI=1S/C26H18ClNO4S/c27-19-10-7-17(8-11-19)15-28-22-14-18(26(30)32-16-20-4-3-13-31-20)9-12-24(22)33-23-6-2-1-5-21(23)25(28)29/h1-14H,15-16H2. The summed E-state index contributed by atoms with van der Waals surface area (Å²) in [6.45, 7) is 0.374. The number of halogens is 1. The number of fused-ring (bicyclic) bond motifs is 2. The van der Waals surface area contributed by atoms with Gasteiger partial charge in [-0.1, -0.05) is 47.6 Å². The Morgan fingerprint density at radius 3 is 2.58 bits per heavy atom. The molecule has 1 amide bonds. The molecule has 2 heterocycles. The maximum Gasteiger partial charge on any atom is 0.338 e. The summed E-state index contributed by atoms with van der Waals surface area (Å²) >= 11 is 7.54. The van der Waals surface area contributed by atoms with Crippen LogP contribution in [0.5, 0.6) is 0 Å². The van der Waals surface area contributed by atoms with Gasteiger partial charge in [0.05, 0.1) is 29.6 Å². The highest BCUT2D eigenvalue weighted by molar-refractivity contribution is 7.99. The van der Waals surface area contributed by atoms with E-state index in [0.717, 1.165) is 15.4 Å². The molecule has 4 aromatic rings. The van der Waals surface area contributed by atoms with Crippen LogP contribution >= 0.6 is 23.4 Å². The van der Waals surface area contributed by atoms with Crippen LogP contribution in [0.15, 0.2) is 99.3 Å². The minimum atomic E-state index is -0.486. The van der Waals surface area contributed by atoms with E-state index in [1.54, 1.807) is 41.3 Å². The van der Waals surface area contributed by atoms with Crippen LogP contribution in [0.3, 0.4) is 0 Å². The van der Waals surface area contributed by atoms with Crippen molar-refractivity contribution in [1.29, 1.82) is 0 Å². The fourth-order valence-electron chi connectivity index (χ4n) is 3.59. The summed E-state index contributed by atoms with van der Waals surface area (Å²) in [4.78, 5) is 29.8. The zero-order chi connectivity index (χ0) is 22.8. The summed E-state index contributed by atoms with van der Waals surface area (Å²) in [5.74, 6) is -0.0589. The third-order valence-corrected chi connectivity index (χ3v) is 6.64. The van der Waals surface area contributed by atoms with Gasteiger partial charge in [-0.15, -0.1) is 0 Å². The number of nitrogens with zero attached hydrogens (tertiary/aromatic N) is 1. The molecule has 0 unspecified atom stereocenters. The number of benzene rings is 3. The molecule has 33 heavy (non-hydrogen) atoms. The average Bonchev–Trinajstić information content (AvgIpc) is 3.33. The van der Waals surface area contributed by atoms with Crippen LogP contribution in [0.4, 0.5) is 5.69 Å². The van der Waals surface area contributed by atoms with Gasteiger partial charge in [0.1, 0.15) is 12.4 Å². The number of anilines is 1. The Balaban J connectivity index is 1.51. The zero-order valence-electron chi connectivity index (χ0n) is 17.4. The molecule has 0 saturated heterocycles. The molecule has 0 spiro atoms. The van der Waals surface area contributed by atoms with Gasteiger partial charge in [-0.2, -0.15) is 0 Å². The van der Waals surface area contributed by atoms with Gasteiger partial charge in [0, 0.05) is 14.8 Å². The predicted molar refractivity (Wildman–Crippen MR) is 127 cm³/mol. The van der Waals surface area contributed by atoms with Crippen LogP contribution in [0.25, 0.3) is 0 Å². The minimum absolute atomic E-state index is 0.0382. The number of rotatable bonds is 5. The van der Waals surface area contributed by atoms with Crippen LogP contribution < -0.4 is 4.90 Å². The molecule has 0 fully saturated rings. The van der Waals surface area contributed by atoms with E-state index in [1.807, 2.05) is 42.5 Å². The number of hydrogen-bond acceptors (Lipinski definition) is 5. The molecule has 0 saturated carbocycles. The molecule has 0 N–H and O–H groups in total. The van der Waals surface area contributed by atoms with E-state index in [4.69, 9.17) is 20.8 Å². The second kappa shape index (κ2) is 9.17. The van der Waals surface area contributed by atoms with Gasteiger partial charge in [-0.25, -0.2) is 4.79 Å². The van der Waals surface area contributed by atoms with Crippen molar-refractivity contribution < 1.29 is 18.7 Å². The lowest BCUT2D eigenvalue weighted by Crippen LogP contribution is -2.30. The summed E-state index contributed by atoms with van der Waals surface area (Å²) in [6, 6.07) is 23.7. The van der Waals surface area contributed by atoms with E-state index < -0.39 is 5.97 Å². The molecule has 164 valence electrons. The molecule has 5 rings (SSSR count). The Morgan fingerprint density at radius 2 is 1.79 bits per heavy atom. The first-order valence-corrected chi connectivity index (χ1v) is 11.4. The van der Waals surface area contributed by atoms with Gasteiger partial charge < -0.3 is 14.1 Å². The molecule has 1 aromatic heterocycles. The number of esters is 1. The number of carbonyl (C=O) groups excluding carboxylic acids is 2. The van der Waals surface area contributed by atoms with Crippen molar-refractivity contribution in [2.24, 2.45) is 0 Å². The number of amides is 1. The maximum atomic E-state index is 13.6. The van der Waals surface area contributed by atoms with E-state index in [1.165, 1.54) is 18.0 Å². The lowest BCUT2D eigenvalue weighted by Gasteiger charge is -2.23. The monoisotopic (exact) mass is 475 g/mol. The van der Waals surface area contributed by atoms with Crippen LogP contribution in [0.2, 0.25) is 5.02 Å². The third-order valence-electron chi connectivity index (χ3n) is 5.25. The van der Waals surface area contributed by atoms with Gasteiger partial charge in [0.2, 0.25) is 0 Å². The van der Waals surface area contributed by atoms with E-state index >= 15 is 0 Å². The summed E-state index contributed by atoms with van der Waals surface area (Å²) < 4.78 is 10.6. The minimum Gasteiger partial charge on any atom is -0.466 e. The first kappa shape index (κ1) is 21.4. The Kier molecular flexibility index (Phi) is 5.94. The van der Waals surface area contributed by atoms with Crippen molar-refractivity contribution in [3.8, 4) is 0 Å². The highest BCUT2D eigenvalue weighted by Crippen LogP contribution is 2.42. The van der Waals surface area contributed by atoms with E-state index in [-0.39, 0.29) is 12.5 Å². The second-order valence-corrected chi connectivity index (χ2v) is 8.97. The van der Waals surface area contributed by atoms with Crippen molar-refractivity contribution in [2.75, 3.05) is 4.90 Å². The van der Waals surface area contributed by atoms with Crippen molar-refractivity contribution in [3.63, 3.8) is 0 Å². The van der Waals surface area contributed by atoms with Crippen LogP contribution in [-0.2, 0) is 17.9 Å². The van der Waals surface area contributed by atoms with Gasteiger partial charge in [-0.3, -0.25) is 4.79 Å². The first-order chi connectivity index (χ1) is 16.1. The summed E-state index contributed by atoms with van der Waals surface area (Å²) in [5.41, 5.74) is 2.56. The summed E-state index contributed by atoms with van der Waals surface area (Å²) in [5, 5.41) is 0.629. The molecular formula is C26H18ClNO4S. The van der Waals surface area contributed by atoms with Crippen molar-refractivity contribution in [2.45, 2.75) is 22.9 Å². The molecule has 0 aliphatic carbocycles. The summed E-state index contributed by atoms with van der Waals surface area (Å²) in [7, 11) is 0. The fraction of sp³-hybridized carbons (Fsp3) is 0.0769. The Hall–Kier alpha value is -3.48. The maximum absolute atomic E-state index is 13.6. The predicted octanol–water partition coefficient (Wildman–Crippen LogP) is 6.60. The Bertz CT molecular complexity index is 1320. The zero-order valence-corrected chi connectivity index (χ0v) is 18.9. The molecule has 0 radical (unpaired) electrons. The molecule has 5 nitrogen and oxygen atoms in total. The highest BCUT2D eigenvalue weighted by Gasteiger charge is 2.28. The highest BCUT2D eigenvalue weighted by atomic mass is 35.5. The van der Waals surface area contributed by atoms with Gasteiger partial charge in [0.25, 0.3) is 5.91 Å². The molecule has 7 heteroatoms. The molecule has 0 bridgehead atoms. The Morgan fingerprint density at radius 1 is 0.970 bits per heavy atom. The van der Waals surface area contributed by atoms with Crippen molar-refractivity contribution >= 4 is 40.9 Å². The normalized spacial score (nSPS) is 12.6. The summed E-state index contributed by atoms with van der Waals surface area (Å²) in [6.07, 6.45) is 1.53. The quantitative estimate of drug-likeness (QED) is 0.304. The first-order valence-electron chi connectivity index (χ1n) is 10.3. The number of furan rings is 1. The number of ether oxygens (including phenoxy) is 1.